The van der Waals surface area contributed by atoms with Gasteiger partial charge in [0.1, 0.15) is 0 Å². The van der Waals surface area contributed by atoms with Crippen LogP contribution in [0.15, 0.2) is 40.5 Å². The van der Waals surface area contributed by atoms with Gasteiger partial charge in [-0.2, -0.15) is 0 Å². The summed E-state index contributed by atoms with van der Waals surface area (Å²) in [6.45, 7) is 2.03. The molecule has 1 aromatic heterocycles. The first kappa shape index (κ1) is 8.26. The van der Waals surface area contributed by atoms with Crippen LogP contribution in [0.1, 0.15) is 5.56 Å². The van der Waals surface area contributed by atoms with Gasteiger partial charge in [0, 0.05) is 11.4 Å². The number of aryl methyl sites for hydroxylation is 1. The van der Waals surface area contributed by atoms with E-state index in [0.717, 1.165) is 5.69 Å². The Morgan fingerprint density at radius 2 is 1.85 bits per heavy atom. The molecule has 0 saturated heterocycles. The smallest absolute Gasteiger partial charge is 0.265 e. The molecule has 2 nitrogen and oxygen atoms in total. The third-order valence-corrected chi connectivity index (χ3v) is 2.70. The van der Waals surface area contributed by atoms with Crippen LogP contribution in [0.4, 0.5) is 0 Å². The Morgan fingerprint density at radius 1 is 1.15 bits per heavy atom. The SMILES string of the molecule is Cc1ccc(-n2sccc2=O)cc1. The Morgan fingerprint density at radius 3 is 2.38 bits per heavy atom. The molecular weight excluding hydrogens is 182 g/mol. The summed E-state index contributed by atoms with van der Waals surface area (Å²) in [5.74, 6) is 0. The minimum Gasteiger partial charge on any atom is -0.268 e. The van der Waals surface area contributed by atoms with E-state index in [2.05, 4.69) is 0 Å². The summed E-state index contributed by atoms with van der Waals surface area (Å²) < 4.78 is 1.67. The van der Waals surface area contributed by atoms with Gasteiger partial charge in [-0.05, 0) is 19.1 Å². The van der Waals surface area contributed by atoms with E-state index < -0.39 is 0 Å². The molecule has 0 saturated carbocycles. The number of benzene rings is 1. The predicted octanol–water partition coefficient (Wildman–Crippen LogP) is 2.21. The highest BCUT2D eigenvalue weighted by Crippen LogP contribution is 2.09. The van der Waals surface area contributed by atoms with Gasteiger partial charge in [-0.25, -0.2) is 3.96 Å². The van der Waals surface area contributed by atoms with Crippen molar-refractivity contribution in [3.05, 3.63) is 51.6 Å². The molecule has 0 N–H and O–H groups in total. The Kier molecular flexibility index (Phi) is 2.02. The summed E-state index contributed by atoms with van der Waals surface area (Å²) in [5.41, 5.74) is 2.17. The van der Waals surface area contributed by atoms with Gasteiger partial charge < -0.3 is 0 Å². The monoisotopic (exact) mass is 191 g/mol. The molecule has 0 aliphatic heterocycles. The van der Waals surface area contributed by atoms with E-state index in [9.17, 15) is 4.79 Å². The van der Waals surface area contributed by atoms with Crippen LogP contribution in [-0.4, -0.2) is 3.96 Å². The Hall–Kier alpha value is -1.35. The third-order valence-electron chi connectivity index (χ3n) is 1.85. The second kappa shape index (κ2) is 3.18. The van der Waals surface area contributed by atoms with E-state index >= 15 is 0 Å². The molecule has 0 fully saturated rings. The van der Waals surface area contributed by atoms with E-state index in [4.69, 9.17) is 0 Å². The van der Waals surface area contributed by atoms with Crippen molar-refractivity contribution in [2.24, 2.45) is 0 Å². The second-order valence-corrected chi connectivity index (χ2v) is 3.72. The largest absolute Gasteiger partial charge is 0.268 e. The van der Waals surface area contributed by atoms with Crippen molar-refractivity contribution in [2.75, 3.05) is 0 Å². The standard InChI is InChI=1S/C10H9NOS/c1-8-2-4-9(5-3-8)11-10(12)6-7-13-11/h2-7H,1H3. The van der Waals surface area contributed by atoms with Crippen LogP contribution in [0.25, 0.3) is 5.69 Å². The van der Waals surface area contributed by atoms with Crippen LogP contribution in [-0.2, 0) is 0 Å². The Balaban J connectivity index is 2.54. The molecule has 0 bridgehead atoms. The van der Waals surface area contributed by atoms with Crippen molar-refractivity contribution in [3.63, 3.8) is 0 Å². The molecule has 0 aliphatic carbocycles. The van der Waals surface area contributed by atoms with Gasteiger partial charge in [0.25, 0.3) is 5.56 Å². The fourth-order valence-corrected chi connectivity index (χ4v) is 1.84. The normalized spacial score (nSPS) is 10.2. The number of rotatable bonds is 1. The fourth-order valence-electron chi connectivity index (χ4n) is 1.14. The van der Waals surface area contributed by atoms with Crippen molar-refractivity contribution in [1.82, 2.24) is 3.96 Å². The van der Waals surface area contributed by atoms with E-state index in [0.29, 0.717) is 0 Å². The second-order valence-electron chi connectivity index (χ2n) is 2.88. The van der Waals surface area contributed by atoms with Gasteiger partial charge >= 0.3 is 0 Å². The van der Waals surface area contributed by atoms with Gasteiger partial charge in [-0.3, -0.25) is 4.79 Å². The highest BCUT2D eigenvalue weighted by Gasteiger charge is 1.98. The minimum absolute atomic E-state index is 0.0360. The quantitative estimate of drug-likeness (QED) is 0.677. The van der Waals surface area contributed by atoms with Crippen molar-refractivity contribution in [1.29, 1.82) is 0 Å². The Labute approximate surface area is 80.2 Å². The number of hydrogen-bond acceptors (Lipinski definition) is 2. The lowest BCUT2D eigenvalue weighted by molar-refractivity contribution is 1.13. The summed E-state index contributed by atoms with van der Waals surface area (Å²) >= 11 is 1.41. The molecule has 0 atom stereocenters. The van der Waals surface area contributed by atoms with Crippen LogP contribution in [0.2, 0.25) is 0 Å². The zero-order chi connectivity index (χ0) is 9.26. The zero-order valence-electron chi connectivity index (χ0n) is 7.23. The summed E-state index contributed by atoms with van der Waals surface area (Å²) in [6.07, 6.45) is 0. The maximum atomic E-state index is 11.3. The van der Waals surface area contributed by atoms with Crippen molar-refractivity contribution in [2.45, 2.75) is 6.92 Å². The lowest BCUT2D eigenvalue weighted by atomic mass is 10.2. The summed E-state index contributed by atoms with van der Waals surface area (Å²) in [6, 6.07) is 9.48. The molecule has 0 spiro atoms. The molecule has 1 aromatic carbocycles. The van der Waals surface area contributed by atoms with Gasteiger partial charge in [-0.1, -0.05) is 29.2 Å². The van der Waals surface area contributed by atoms with E-state index in [1.807, 2.05) is 31.2 Å². The lowest BCUT2D eigenvalue weighted by Gasteiger charge is -1.99. The van der Waals surface area contributed by atoms with Crippen LogP contribution in [0.3, 0.4) is 0 Å². The molecule has 3 heteroatoms. The number of hydrogen-bond donors (Lipinski definition) is 0. The van der Waals surface area contributed by atoms with Crippen LogP contribution in [0, 0.1) is 6.92 Å². The van der Waals surface area contributed by atoms with Gasteiger partial charge in [0.2, 0.25) is 0 Å². The maximum Gasteiger partial charge on any atom is 0.265 e. The van der Waals surface area contributed by atoms with Crippen molar-refractivity contribution >= 4 is 11.5 Å². The first-order valence-electron chi connectivity index (χ1n) is 4.01. The van der Waals surface area contributed by atoms with Crippen molar-refractivity contribution in [3.8, 4) is 5.69 Å². The van der Waals surface area contributed by atoms with Gasteiger partial charge in [0.05, 0.1) is 5.69 Å². The number of aromatic nitrogens is 1. The average molecular weight is 191 g/mol. The topological polar surface area (TPSA) is 22.0 Å². The zero-order valence-corrected chi connectivity index (χ0v) is 8.04. The maximum absolute atomic E-state index is 11.3. The summed E-state index contributed by atoms with van der Waals surface area (Å²) in [5, 5.41) is 1.79. The molecule has 2 rings (SSSR count). The highest BCUT2D eigenvalue weighted by molar-refractivity contribution is 7.04. The Bertz CT molecular complexity index is 452. The molecule has 13 heavy (non-hydrogen) atoms. The predicted molar refractivity (Wildman–Crippen MR) is 54.7 cm³/mol. The molecule has 0 aliphatic rings. The first-order valence-corrected chi connectivity index (χ1v) is 4.85. The van der Waals surface area contributed by atoms with Crippen LogP contribution < -0.4 is 5.56 Å². The third kappa shape index (κ3) is 1.55. The summed E-state index contributed by atoms with van der Waals surface area (Å²) in [7, 11) is 0. The minimum atomic E-state index is 0.0360. The van der Waals surface area contributed by atoms with Gasteiger partial charge in [-0.15, -0.1) is 0 Å². The van der Waals surface area contributed by atoms with E-state index in [-0.39, 0.29) is 5.56 Å². The fraction of sp³-hybridized carbons (Fsp3) is 0.100. The lowest BCUT2D eigenvalue weighted by Crippen LogP contribution is -2.08. The summed E-state index contributed by atoms with van der Waals surface area (Å²) in [4.78, 5) is 11.3. The van der Waals surface area contributed by atoms with Crippen LogP contribution >= 0.6 is 11.5 Å². The average Bonchev–Trinajstić information content (AvgIpc) is 2.53. The first-order chi connectivity index (χ1) is 6.27. The molecule has 66 valence electrons. The van der Waals surface area contributed by atoms with Gasteiger partial charge in [0.15, 0.2) is 0 Å². The van der Waals surface area contributed by atoms with E-state index in [1.165, 1.54) is 17.1 Å². The van der Waals surface area contributed by atoms with Crippen LogP contribution in [0.5, 0.6) is 0 Å². The molecule has 0 radical (unpaired) electrons. The molecular formula is C10H9NOS. The van der Waals surface area contributed by atoms with Crippen molar-refractivity contribution < 1.29 is 0 Å². The molecule has 0 unspecified atom stereocenters. The number of nitrogens with zero attached hydrogens (tertiary/aromatic N) is 1. The molecule has 1 heterocycles. The molecule has 0 amide bonds. The van der Waals surface area contributed by atoms with E-state index in [1.54, 1.807) is 15.4 Å². The molecule has 2 aromatic rings. The highest BCUT2D eigenvalue weighted by atomic mass is 32.1.